The normalized spacial score (nSPS) is 40.9. The monoisotopic (exact) mass is 123 g/mol. The number of rotatable bonds is 0. The molecule has 1 N–H and O–H groups in total. The van der Waals surface area contributed by atoms with Crippen molar-refractivity contribution >= 4 is 0 Å². The molecule has 0 aromatic carbocycles. The van der Waals surface area contributed by atoms with E-state index in [1.54, 1.807) is 0 Å². The largest absolute Gasteiger partial charge is 0.310 e. The Labute approximate surface area is 56.1 Å². The van der Waals surface area contributed by atoms with Gasteiger partial charge in [0.25, 0.3) is 0 Å². The minimum Gasteiger partial charge on any atom is -0.310 e. The summed E-state index contributed by atoms with van der Waals surface area (Å²) in [5, 5.41) is 3.47. The van der Waals surface area contributed by atoms with E-state index < -0.39 is 0 Å². The van der Waals surface area contributed by atoms with Crippen molar-refractivity contribution in [3.05, 3.63) is 12.2 Å². The van der Waals surface area contributed by atoms with Crippen molar-refractivity contribution < 1.29 is 0 Å². The Bertz CT molecular complexity index is 129. The standard InChI is InChI=1S/C8H13N/c1-2-4-8-7(3-1)5-6-9-8/h2,4,7-9H,1,3,5-6H2/t7-,8+/m1/s1. The van der Waals surface area contributed by atoms with E-state index in [4.69, 9.17) is 0 Å². The first-order chi connectivity index (χ1) is 4.47. The molecular weight excluding hydrogens is 110 g/mol. The average molecular weight is 123 g/mol. The molecule has 2 rings (SSSR count). The quantitative estimate of drug-likeness (QED) is 0.479. The van der Waals surface area contributed by atoms with Crippen LogP contribution in [-0.4, -0.2) is 12.6 Å². The molecular formula is C8H13N. The number of fused-ring (bicyclic) bond motifs is 1. The van der Waals surface area contributed by atoms with E-state index in [0.29, 0.717) is 0 Å². The first kappa shape index (κ1) is 5.48. The van der Waals surface area contributed by atoms with Crippen molar-refractivity contribution in [2.75, 3.05) is 6.54 Å². The maximum absolute atomic E-state index is 3.47. The van der Waals surface area contributed by atoms with Crippen LogP contribution in [0, 0.1) is 5.92 Å². The zero-order chi connectivity index (χ0) is 6.10. The van der Waals surface area contributed by atoms with Crippen molar-refractivity contribution in [3.63, 3.8) is 0 Å². The number of hydrogen-bond acceptors (Lipinski definition) is 1. The van der Waals surface area contributed by atoms with Crippen molar-refractivity contribution in [1.29, 1.82) is 0 Å². The summed E-state index contributed by atoms with van der Waals surface area (Å²) in [5.74, 6) is 0.968. The zero-order valence-corrected chi connectivity index (χ0v) is 5.64. The molecule has 1 saturated heterocycles. The highest BCUT2D eigenvalue weighted by atomic mass is 14.9. The van der Waals surface area contributed by atoms with E-state index in [-0.39, 0.29) is 0 Å². The Hall–Kier alpha value is -0.300. The van der Waals surface area contributed by atoms with E-state index in [0.717, 1.165) is 12.0 Å². The molecule has 2 aliphatic rings. The van der Waals surface area contributed by atoms with Gasteiger partial charge in [0.1, 0.15) is 0 Å². The fourth-order valence-corrected chi connectivity index (χ4v) is 1.88. The lowest BCUT2D eigenvalue weighted by molar-refractivity contribution is 0.460. The van der Waals surface area contributed by atoms with Gasteiger partial charge >= 0.3 is 0 Å². The molecule has 0 spiro atoms. The molecule has 0 amide bonds. The lowest BCUT2D eigenvalue weighted by atomic mass is 9.91. The number of hydrogen-bond donors (Lipinski definition) is 1. The van der Waals surface area contributed by atoms with E-state index in [2.05, 4.69) is 17.5 Å². The second-order valence-corrected chi connectivity index (χ2v) is 3.03. The van der Waals surface area contributed by atoms with Gasteiger partial charge in [-0.3, -0.25) is 0 Å². The Kier molecular flexibility index (Phi) is 1.31. The van der Waals surface area contributed by atoms with Crippen LogP contribution in [0.4, 0.5) is 0 Å². The summed E-state index contributed by atoms with van der Waals surface area (Å²) in [6, 6.07) is 0.735. The first-order valence-electron chi connectivity index (χ1n) is 3.87. The van der Waals surface area contributed by atoms with Gasteiger partial charge in [-0.15, -0.1) is 0 Å². The summed E-state index contributed by atoms with van der Waals surface area (Å²) >= 11 is 0. The second kappa shape index (κ2) is 2.14. The summed E-state index contributed by atoms with van der Waals surface area (Å²) in [6.45, 7) is 1.24. The fourth-order valence-electron chi connectivity index (χ4n) is 1.88. The maximum atomic E-state index is 3.47. The molecule has 9 heavy (non-hydrogen) atoms. The van der Waals surface area contributed by atoms with Gasteiger partial charge < -0.3 is 5.32 Å². The Morgan fingerprint density at radius 1 is 1.33 bits per heavy atom. The lowest BCUT2D eigenvalue weighted by Crippen LogP contribution is -2.25. The van der Waals surface area contributed by atoms with Crippen LogP contribution >= 0.6 is 0 Å². The lowest BCUT2D eigenvalue weighted by Gasteiger charge is -2.18. The van der Waals surface area contributed by atoms with Gasteiger partial charge in [-0.05, 0) is 31.7 Å². The van der Waals surface area contributed by atoms with Crippen LogP contribution in [0.1, 0.15) is 19.3 Å². The molecule has 0 unspecified atom stereocenters. The third kappa shape index (κ3) is 0.897. The highest BCUT2D eigenvalue weighted by Crippen LogP contribution is 2.25. The molecule has 0 saturated carbocycles. The van der Waals surface area contributed by atoms with Crippen LogP contribution < -0.4 is 5.32 Å². The molecule has 2 atom stereocenters. The van der Waals surface area contributed by atoms with E-state index >= 15 is 0 Å². The van der Waals surface area contributed by atoms with Gasteiger partial charge in [-0.1, -0.05) is 12.2 Å². The third-order valence-corrected chi connectivity index (χ3v) is 2.45. The third-order valence-electron chi connectivity index (χ3n) is 2.45. The predicted molar refractivity (Wildman–Crippen MR) is 38.3 cm³/mol. The minimum atomic E-state index is 0.735. The first-order valence-corrected chi connectivity index (χ1v) is 3.87. The Balaban J connectivity index is 2.10. The molecule has 1 heterocycles. The van der Waals surface area contributed by atoms with Crippen LogP contribution in [0.25, 0.3) is 0 Å². The van der Waals surface area contributed by atoms with Crippen molar-refractivity contribution in [1.82, 2.24) is 5.32 Å². The highest BCUT2D eigenvalue weighted by Gasteiger charge is 2.25. The predicted octanol–water partition coefficient (Wildman–Crippen LogP) is 1.31. The Morgan fingerprint density at radius 3 is 3.22 bits per heavy atom. The molecule has 0 bridgehead atoms. The Morgan fingerprint density at radius 2 is 2.33 bits per heavy atom. The zero-order valence-electron chi connectivity index (χ0n) is 5.64. The van der Waals surface area contributed by atoms with Crippen molar-refractivity contribution in [2.45, 2.75) is 25.3 Å². The SMILES string of the molecule is C1=C[C@@H]2NCC[C@H]2CC1. The van der Waals surface area contributed by atoms with Crippen molar-refractivity contribution in [2.24, 2.45) is 5.92 Å². The number of nitrogens with one attached hydrogen (secondary N) is 1. The smallest absolute Gasteiger partial charge is 0.0278 e. The van der Waals surface area contributed by atoms with Gasteiger partial charge in [-0.25, -0.2) is 0 Å². The van der Waals surface area contributed by atoms with E-state index in [1.165, 1.54) is 25.8 Å². The molecule has 1 aliphatic heterocycles. The summed E-state index contributed by atoms with van der Waals surface area (Å²) in [5.41, 5.74) is 0. The molecule has 50 valence electrons. The van der Waals surface area contributed by atoms with Gasteiger partial charge in [0.15, 0.2) is 0 Å². The molecule has 0 radical (unpaired) electrons. The average Bonchev–Trinajstić information content (AvgIpc) is 2.33. The fraction of sp³-hybridized carbons (Fsp3) is 0.750. The molecule has 0 aromatic rings. The molecule has 1 aliphatic carbocycles. The summed E-state index contributed by atoms with van der Waals surface area (Å²) in [7, 11) is 0. The number of allylic oxidation sites excluding steroid dienone is 1. The van der Waals surface area contributed by atoms with Gasteiger partial charge in [-0.2, -0.15) is 0 Å². The molecule has 1 heteroatoms. The van der Waals surface area contributed by atoms with Crippen LogP contribution in [0.5, 0.6) is 0 Å². The van der Waals surface area contributed by atoms with E-state index in [9.17, 15) is 0 Å². The van der Waals surface area contributed by atoms with E-state index in [1.807, 2.05) is 0 Å². The summed E-state index contributed by atoms with van der Waals surface area (Å²) in [6.07, 6.45) is 8.76. The second-order valence-electron chi connectivity index (χ2n) is 3.03. The minimum absolute atomic E-state index is 0.735. The maximum Gasteiger partial charge on any atom is 0.0278 e. The van der Waals surface area contributed by atoms with Gasteiger partial charge in [0.05, 0.1) is 0 Å². The van der Waals surface area contributed by atoms with Crippen LogP contribution in [0.15, 0.2) is 12.2 Å². The summed E-state index contributed by atoms with van der Waals surface area (Å²) < 4.78 is 0. The van der Waals surface area contributed by atoms with Crippen LogP contribution in [0.3, 0.4) is 0 Å². The van der Waals surface area contributed by atoms with Gasteiger partial charge in [0.2, 0.25) is 0 Å². The van der Waals surface area contributed by atoms with Crippen molar-refractivity contribution in [3.8, 4) is 0 Å². The van der Waals surface area contributed by atoms with Gasteiger partial charge in [0, 0.05) is 6.04 Å². The molecule has 0 aromatic heterocycles. The molecule has 1 nitrogen and oxygen atoms in total. The highest BCUT2D eigenvalue weighted by molar-refractivity contribution is 5.04. The van der Waals surface area contributed by atoms with Crippen LogP contribution in [-0.2, 0) is 0 Å². The summed E-state index contributed by atoms with van der Waals surface area (Å²) in [4.78, 5) is 0. The topological polar surface area (TPSA) is 12.0 Å². The van der Waals surface area contributed by atoms with Crippen LogP contribution in [0.2, 0.25) is 0 Å². The molecule has 1 fully saturated rings.